The number of aryl methyl sites for hydroxylation is 1. The smallest absolute Gasteiger partial charge is 0.222 e. The molecule has 0 amide bonds. The summed E-state index contributed by atoms with van der Waals surface area (Å²) >= 11 is 0. The molecule has 2 heterocycles. The van der Waals surface area contributed by atoms with Gasteiger partial charge in [-0.1, -0.05) is 0 Å². The summed E-state index contributed by atoms with van der Waals surface area (Å²) in [6.45, 7) is 9.83. The summed E-state index contributed by atoms with van der Waals surface area (Å²) in [6, 6.07) is 1.96. The normalized spacial score (nSPS) is 23.8. The van der Waals surface area contributed by atoms with Crippen LogP contribution in [0.1, 0.15) is 26.5 Å². The zero-order chi connectivity index (χ0) is 12.6. The molecule has 1 saturated heterocycles. The Hall–Kier alpha value is -1.36. The fraction of sp³-hybridized carbons (Fsp3) is 0.667. The molecule has 1 atom stereocenters. The van der Waals surface area contributed by atoms with Crippen molar-refractivity contribution in [1.82, 2.24) is 9.97 Å². The van der Waals surface area contributed by atoms with Gasteiger partial charge in [-0.05, 0) is 27.7 Å². The zero-order valence-electron chi connectivity index (χ0n) is 10.9. The van der Waals surface area contributed by atoms with E-state index in [4.69, 9.17) is 10.5 Å². The van der Waals surface area contributed by atoms with Crippen LogP contribution < -0.4 is 10.6 Å². The van der Waals surface area contributed by atoms with Crippen LogP contribution in [0, 0.1) is 6.92 Å². The van der Waals surface area contributed by atoms with Gasteiger partial charge < -0.3 is 15.4 Å². The predicted octanol–water partition coefficient (Wildman–Crippen LogP) is 1.37. The molecule has 17 heavy (non-hydrogen) atoms. The summed E-state index contributed by atoms with van der Waals surface area (Å²) in [4.78, 5) is 10.6. The maximum Gasteiger partial charge on any atom is 0.222 e. The van der Waals surface area contributed by atoms with Crippen molar-refractivity contribution in [3.8, 4) is 0 Å². The lowest BCUT2D eigenvalue weighted by Gasteiger charge is -2.42. The first-order chi connectivity index (χ1) is 7.85. The van der Waals surface area contributed by atoms with Crippen LogP contribution in [-0.2, 0) is 4.74 Å². The fourth-order valence-corrected chi connectivity index (χ4v) is 2.36. The Kier molecular flexibility index (Phi) is 2.95. The van der Waals surface area contributed by atoms with E-state index < -0.39 is 0 Å². The maximum atomic E-state index is 5.87. The second-order valence-corrected chi connectivity index (χ2v) is 5.29. The number of nitrogens with two attached hydrogens (primary N) is 1. The molecule has 0 aromatic carbocycles. The number of anilines is 2. The highest BCUT2D eigenvalue weighted by molar-refractivity contribution is 5.44. The number of morpholine rings is 1. The molecule has 1 aliphatic heterocycles. The quantitative estimate of drug-likeness (QED) is 0.798. The van der Waals surface area contributed by atoms with Gasteiger partial charge in [0.25, 0.3) is 0 Å². The molecule has 0 bridgehead atoms. The van der Waals surface area contributed by atoms with Crippen molar-refractivity contribution in [1.29, 1.82) is 0 Å². The Morgan fingerprint density at radius 1 is 1.47 bits per heavy atom. The van der Waals surface area contributed by atoms with Crippen LogP contribution in [0.2, 0.25) is 0 Å². The first kappa shape index (κ1) is 12.1. The van der Waals surface area contributed by atoms with Crippen molar-refractivity contribution in [2.45, 2.75) is 39.4 Å². The first-order valence-electron chi connectivity index (χ1n) is 5.90. The van der Waals surface area contributed by atoms with E-state index in [9.17, 15) is 0 Å². The summed E-state index contributed by atoms with van der Waals surface area (Å²) in [5.74, 6) is 1.22. The number of rotatable bonds is 1. The van der Waals surface area contributed by atoms with Gasteiger partial charge in [0.1, 0.15) is 5.82 Å². The largest absolute Gasteiger partial charge is 0.369 e. The second-order valence-electron chi connectivity index (χ2n) is 5.29. The van der Waals surface area contributed by atoms with E-state index in [0.717, 1.165) is 24.6 Å². The Morgan fingerprint density at radius 2 is 2.18 bits per heavy atom. The molecule has 94 valence electrons. The van der Waals surface area contributed by atoms with Crippen molar-refractivity contribution in [3.05, 3.63) is 11.8 Å². The van der Waals surface area contributed by atoms with Crippen LogP contribution >= 0.6 is 0 Å². The minimum Gasteiger partial charge on any atom is -0.369 e. The predicted molar refractivity (Wildman–Crippen MR) is 68.0 cm³/mol. The highest BCUT2D eigenvalue weighted by atomic mass is 16.5. The summed E-state index contributed by atoms with van der Waals surface area (Å²) in [7, 11) is 0. The lowest BCUT2D eigenvalue weighted by molar-refractivity contribution is -0.0751. The van der Waals surface area contributed by atoms with Crippen molar-refractivity contribution in [2.75, 3.05) is 23.7 Å². The van der Waals surface area contributed by atoms with E-state index in [0.29, 0.717) is 5.95 Å². The third kappa shape index (κ3) is 2.85. The van der Waals surface area contributed by atoms with E-state index in [1.165, 1.54) is 0 Å². The molecule has 0 spiro atoms. The molecular formula is C12H20N4O. The van der Waals surface area contributed by atoms with Gasteiger partial charge in [0.2, 0.25) is 5.95 Å². The Bertz CT molecular complexity index is 399. The van der Waals surface area contributed by atoms with E-state index in [2.05, 4.69) is 35.6 Å². The van der Waals surface area contributed by atoms with Crippen LogP contribution in [0.3, 0.4) is 0 Å². The van der Waals surface area contributed by atoms with Gasteiger partial charge in [0.05, 0.1) is 11.7 Å². The monoisotopic (exact) mass is 236 g/mol. The van der Waals surface area contributed by atoms with Crippen molar-refractivity contribution in [3.63, 3.8) is 0 Å². The number of nitrogen functional groups attached to an aromatic ring is 1. The van der Waals surface area contributed by atoms with Crippen LogP contribution in [0.5, 0.6) is 0 Å². The van der Waals surface area contributed by atoms with E-state index in [1.54, 1.807) is 0 Å². The average molecular weight is 236 g/mol. The van der Waals surface area contributed by atoms with Crippen molar-refractivity contribution in [2.24, 2.45) is 0 Å². The van der Waals surface area contributed by atoms with Gasteiger partial charge in [-0.2, -0.15) is 4.98 Å². The summed E-state index contributed by atoms with van der Waals surface area (Å²) in [6.07, 6.45) is 0.190. The molecule has 2 N–H and O–H groups in total. The van der Waals surface area contributed by atoms with Gasteiger partial charge in [-0.3, -0.25) is 0 Å². The van der Waals surface area contributed by atoms with Gasteiger partial charge >= 0.3 is 0 Å². The van der Waals surface area contributed by atoms with E-state index >= 15 is 0 Å². The van der Waals surface area contributed by atoms with Gasteiger partial charge in [0.15, 0.2) is 0 Å². The SMILES string of the molecule is Cc1cc(N2CC(C)OC(C)(C)C2)nc(N)n1. The molecule has 5 nitrogen and oxygen atoms in total. The van der Waals surface area contributed by atoms with E-state index in [1.807, 2.05) is 13.0 Å². The molecule has 2 rings (SSSR count). The third-order valence-electron chi connectivity index (χ3n) is 2.75. The molecule has 5 heteroatoms. The molecule has 1 unspecified atom stereocenters. The standard InChI is InChI=1S/C12H20N4O/c1-8-5-10(15-11(13)14-8)16-6-9(2)17-12(3,4)7-16/h5,9H,6-7H2,1-4H3,(H2,13,14,15). The summed E-state index contributed by atoms with van der Waals surface area (Å²) < 4.78 is 5.87. The molecule has 1 aromatic rings. The maximum absolute atomic E-state index is 5.87. The minimum absolute atomic E-state index is 0.161. The van der Waals surface area contributed by atoms with Crippen LogP contribution in [0.25, 0.3) is 0 Å². The fourth-order valence-electron chi connectivity index (χ4n) is 2.36. The Labute approximate surface area is 102 Å². The van der Waals surface area contributed by atoms with Crippen molar-refractivity contribution >= 4 is 11.8 Å². The molecular weight excluding hydrogens is 216 g/mol. The summed E-state index contributed by atoms with van der Waals surface area (Å²) in [5.41, 5.74) is 6.42. The number of hydrogen-bond donors (Lipinski definition) is 1. The zero-order valence-corrected chi connectivity index (χ0v) is 10.9. The van der Waals surface area contributed by atoms with Crippen LogP contribution in [-0.4, -0.2) is 34.8 Å². The molecule has 0 radical (unpaired) electrons. The average Bonchev–Trinajstić information content (AvgIpc) is 2.12. The van der Waals surface area contributed by atoms with Crippen LogP contribution in [0.15, 0.2) is 6.07 Å². The Balaban J connectivity index is 2.26. The highest BCUT2D eigenvalue weighted by Gasteiger charge is 2.32. The number of ether oxygens (including phenoxy) is 1. The van der Waals surface area contributed by atoms with E-state index in [-0.39, 0.29) is 11.7 Å². The summed E-state index contributed by atoms with van der Waals surface area (Å²) in [5, 5.41) is 0. The number of nitrogens with zero attached hydrogens (tertiary/aromatic N) is 3. The highest BCUT2D eigenvalue weighted by Crippen LogP contribution is 2.25. The number of hydrogen-bond acceptors (Lipinski definition) is 5. The van der Waals surface area contributed by atoms with Crippen LogP contribution in [0.4, 0.5) is 11.8 Å². The third-order valence-corrected chi connectivity index (χ3v) is 2.75. The van der Waals surface area contributed by atoms with Gasteiger partial charge in [0, 0.05) is 24.8 Å². The second kappa shape index (κ2) is 4.14. The first-order valence-corrected chi connectivity index (χ1v) is 5.90. The molecule has 1 fully saturated rings. The lowest BCUT2D eigenvalue weighted by atomic mass is 10.1. The van der Waals surface area contributed by atoms with Gasteiger partial charge in [-0.15, -0.1) is 0 Å². The molecule has 1 aromatic heterocycles. The topological polar surface area (TPSA) is 64.3 Å². The Morgan fingerprint density at radius 3 is 2.76 bits per heavy atom. The van der Waals surface area contributed by atoms with Crippen molar-refractivity contribution < 1.29 is 4.74 Å². The minimum atomic E-state index is -0.161. The van der Waals surface area contributed by atoms with Gasteiger partial charge in [-0.25, -0.2) is 4.98 Å². The number of aromatic nitrogens is 2. The molecule has 1 aliphatic rings. The lowest BCUT2D eigenvalue weighted by Crippen LogP contribution is -2.52. The molecule has 0 aliphatic carbocycles. The molecule has 0 saturated carbocycles.